The smallest absolute Gasteiger partial charge is 0.303 e. The zero-order valence-corrected chi connectivity index (χ0v) is 18.8. The van der Waals surface area contributed by atoms with Crippen LogP contribution in [0.3, 0.4) is 0 Å². The lowest BCUT2D eigenvalue weighted by molar-refractivity contribution is -0.167. The van der Waals surface area contributed by atoms with Crippen molar-refractivity contribution in [2.24, 2.45) is 34.5 Å². The Bertz CT molecular complexity index is 869. The van der Waals surface area contributed by atoms with Crippen LogP contribution < -0.4 is 0 Å². The zero-order valence-electron chi connectivity index (χ0n) is 18.8. The van der Waals surface area contributed by atoms with Crippen LogP contribution in [0, 0.1) is 34.5 Å². The molecule has 5 heteroatoms. The van der Waals surface area contributed by atoms with Gasteiger partial charge in [0.2, 0.25) is 5.78 Å². The third-order valence-corrected chi connectivity index (χ3v) is 9.07. The van der Waals surface area contributed by atoms with Crippen molar-refractivity contribution in [2.75, 3.05) is 6.61 Å². The fourth-order valence-corrected chi connectivity index (χ4v) is 7.49. The highest BCUT2D eigenvalue weighted by atomic mass is 16.5. The molecular formula is C25H34O5. The van der Waals surface area contributed by atoms with Crippen LogP contribution in [0.5, 0.6) is 0 Å². The molecule has 0 radical (unpaired) electrons. The molecule has 164 valence electrons. The summed E-state index contributed by atoms with van der Waals surface area (Å²) in [5.74, 6) is -0.0598. The van der Waals surface area contributed by atoms with Gasteiger partial charge in [-0.1, -0.05) is 44.9 Å². The Balaban J connectivity index is 1.73. The molecular weight excluding hydrogens is 380 g/mol. The van der Waals surface area contributed by atoms with E-state index in [0.29, 0.717) is 24.7 Å². The highest BCUT2D eigenvalue weighted by Gasteiger charge is 2.67. The minimum absolute atomic E-state index is 0.0940. The summed E-state index contributed by atoms with van der Waals surface area (Å²) in [6.07, 6.45) is 7.93. The molecule has 1 N–H and O–H groups in total. The summed E-state index contributed by atoms with van der Waals surface area (Å²) in [6.45, 7) is 9.39. The van der Waals surface area contributed by atoms with Crippen LogP contribution in [0.1, 0.15) is 66.7 Å². The molecule has 0 spiro atoms. The first-order valence-electron chi connectivity index (χ1n) is 11.3. The monoisotopic (exact) mass is 414 g/mol. The molecule has 5 nitrogen and oxygen atoms in total. The Morgan fingerprint density at radius 3 is 2.57 bits per heavy atom. The van der Waals surface area contributed by atoms with Crippen molar-refractivity contribution in [1.82, 2.24) is 0 Å². The third-order valence-electron chi connectivity index (χ3n) is 9.07. The second-order valence-corrected chi connectivity index (χ2v) is 10.6. The Morgan fingerprint density at radius 1 is 1.20 bits per heavy atom. The van der Waals surface area contributed by atoms with Crippen LogP contribution in [-0.4, -0.2) is 34.9 Å². The van der Waals surface area contributed by atoms with Crippen LogP contribution in [0.15, 0.2) is 23.3 Å². The number of rotatable bonds is 3. The van der Waals surface area contributed by atoms with Gasteiger partial charge in [-0.15, -0.1) is 0 Å². The molecule has 7 atom stereocenters. The Kier molecular flexibility index (Phi) is 4.92. The quantitative estimate of drug-likeness (QED) is 0.561. The molecule has 30 heavy (non-hydrogen) atoms. The molecule has 0 saturated heterocycles. The molecule has 0 aliphatic heterocycles. The van der Waals surface area contributed by atoms with Crippen LogP contribution in [0.25, 0.3) is 0 Å². The molecule has 4 aliphatic carbocycles. The van der Waals surface area contributed by atoms with Crippen molar-refractivity contribution < 1.29 is 24.2 Å². The number of Topliss-reactive ketones (excluding diaryl/α,β-unsaturated/α-hetero) is 1. The molecule has 0 aromatic carbocycles. The van der Waals surface area contributed by atoms with Gasteiger partial charge in [0, 0.05) is 24.2 Å². The van der Waals surface area contributed by atoms with E-state index in [-0.39, 0.29) is 35.4 Å². The van der Waals surface area contributed by atoms with E-state index in [0.717, 1.165) is 19.3 Å². The fourth-order valence-electron chi connectivity index (χ4n) is 7.49. The Morgan fingerprint density at radius 2 is 1.90 bits per heavy atom. The minimum atomic E-state index is -1.50. The van der Waals surface area contributed by atoms with E-state index >= 15 is 0 Å². The number of ether oxygens (including phenoxy) is 1. The van der Waals surface area contributed by atoms with Crippen molar-refractivity contribution in [3.05, 3.63) is 23.3 Å². The van der Waals surface area contributed by atoms with E-state index in [2.05, 4.69) is 19.9 Å². The minimum Gasteiger partial charge on any atom is -0.458 e. The molecule has 4 aliphatic rings. The van der Waals surface area contributed by atoms with Crippen molar-refractivity contribution in [3.8, 4) is 0 Å². The number of hydrogen-bond donors (Lipinski definition) is 1. The number of carbonyl (C=O) groups is 3. The van der Waals surface area contributed by atoms with E-state index in [9.17, 15) is 19.5 Å². The Hall–Kier alpha value is -1.75. The standard InChI is InChI=1S/C25H34O5/c1-14-10-18-19(23(4)8-6-17(27)12-20(14)23)7-9-24(5)21(18)11-15(2)25(24,29)22(28)13-30-16(3)26/h7,12,14-15,18,21,29H,6,8-11,13H2,1-5H3/t14-,15-,18+,21-,23+,24-,25-/m0/s1. The first kappa shape index (κ1) is 21.5. The van der Waals surface area contributed by atoms with Crippen molar-refractivity contribution >= 4 is 17.5 Å². The van der Waals surface area contributed by atoms with Gasteiger partial charge in [-0.2, -0.15) is 0 Å². The summed E-state index contributed by atoms with van der Waals surface area (Å²) in [5, 5.41) is 11.8. The van der Waals surface area contributed by atoms with Gasteiger partial charge < -0.3 is 9.84 Å². The highest BCUT2D eigenvalue weighted by molar-refractivity contribution is 5.92. The number of aliphatic hydroxyl groups is 1. The molecule has 2 fully saturated rings. The maximum Gasteiger partial charge on any atom is 0.303 e. The third kappa shape index (κ3) is 2.73. The van der Waals surface area contributed by atoms with Gasteiger partial charge in [-0.05, 0) is 55.4 Å². The lowest BCUT2D eigenvalue weighted by Crippen LogP contribution is -2.58. The van der Waals surface area contributed by atoms with Gasteiger partial charge in [0.15, 0.2) is 12.4 Å². The molecule has 0 unspecified atom stereocenters. The van der Waals surface area contributed by atoms with E-state index in [4.69, 9.17) is 4.74 Å². The first-order chi connectivity index (χ1) is 13.9. The average molecular weight is 415 g/mol. The van der Waals surface area contributed by atoms with Gasteiger partial charge >= 0.3 is 5.97 Å². The second kappa shape index (κ2) is 6.88. The molecule has 0 heterocycles. The lowest BCUT2D eigenvalue weighted by Gasteiger charge is -2.56. The van der Waals surface area contributed by atoms with Gasteiger partial charge in [0.05, 0.1) is 0 Å². The number of hydrogen-bond acceptors (Lipinski definition) is 5. The van der Waals surface area contributed by atoms with Crippen LogP contribution in [-0.2, 0) is 19.1 Å². The molecule has 0 bridgehead atoms. The summed E-state index contributed by atoms with van der Waals surface area (Å²) < 4.78 is 4.97. The maximum atomic E-state index is 13.1. The number of ketones is 2. The second-order valence-electron chi connectivity index (χ2n) is 10.6. The lowest BCUT2D eigenvalue weighted by atomic mass is 9.48. The summed E-state index contributed by atoms with van der Waals surface area (Å²) >= 11 is 0. The van der Waals surface area contributed by atoms with Crippen LogP contribution >= 0.6 is 0 Å². The summed E-state index contributed by atoms with van der Waals surface area (Å²) in [6, 6.07) is 0. The van der Waals surface area contributed by atoms with Crippen LogP contribution in [0.4, 0.5) is 0 Å². The number of allylic oxidation sites excluding steroid dienone is 4. The molecule has 0 aromatic rings. The molecule has 0 amide bonds. The van der Waals surface area contributed by atoms with Crippen molar-refractivity contribution in [2.45, 2.75) is 72.3 Å². The van der Waals surface area contributed by atoms with E-state index in [1.807, 2.05) is 19.9 Å². The van der Waals surface area contributed by atoms with E-state index < -0.39 is 17.0 Å². The van der Waals surface area contributed by atoms with Gasteiger partial charge in [0.25, 0.3) is 0 Å². The largest absolute Gasteiger partial charge is 0.458 e. The molecule has 0 aromatic heterocycles. The summed E-state index contributed by atoms with van der Waals surface area (Å²) in [5.41, 5.74) is 0.490. The van der Waals surface area contributed by atoms with Crippen LogP contribution in [0.2, 0.25) is 0 Å². The maximum absolute atomic E-state index is 13.1. The zero-order chi connectivity index (χ0) is 22.1. The topological polar surface area (TPSA) is 80.7 Å². The predicted octanol–water partition coefficient (Wildman–Crippen LogP) is 3.79. The van der Waals surface area contributed by atoms with E-state index in [1.54, 1.807) is 0 Å². The van der Waals surface area contributed by atoms with Gasteiger partial charge in [-0.25, -0.2) is 0 Å². The number of esters is 1. The van der Waals surface area contributed by atoms with Gasteiger partial charge in [-0.3, -0.25) is 14.4 Å². The normalized spacial score (nSPS) is 44.9. The number of fused-ring (bicyclic) bond motifs is 5. The van der Waals surface area contributed by atoms with Crippen molar-refractivity contribution in [1.29, 1.82) is 0 Å². The van der Waals surface area contributed by atoms with E-state index in [1.165, 1.54) is 18.1 Å². The highest BCUT2D eigenvalue weighted by Crippen LogP contribution is 2.67. The molecule has 4 rings (SSSR count). The molecule has 2 saturated carbocycles. The Labute approximate surface area is 178 Å². The SMILES string of the molecule is CC(=O)OCC(=O)[C@@]1(O)[C@@H](C)C[C@H]2[C@@H]3C[C@H](C)C4=CC(=O)CC[C@]4(C)C3=CC[C@@]21C. The predicted molar refractivity (Wildman–Crippen MR) is 112 cm³/mol. The number of carbonyl (C=O) groups excluding carboxylic acids is 3. The summed E-state index contributed by atoms with van der Waals surface area (Å²) in [4.78, 5) is 36.4. The average Bonchev–Trinajstić information content (AvgIpc) is 2.89. The summed E-state index contributed by atoms with van der Waals surface area (Å²) in [7, 11) is 0. The first-order valence-corrected chi connectivity index (χ1v) is 11.3. The van der Waals surface area contributed by atoms with Crippen molar-refractivity contribution in [3.63, 3.8) is 0 Å². The fraction of sp³-hybridized carbons (Fsp3) is 0.720. The van der Waals surface area contributed by atoms with Gasteiger partial charge in [0.1, 0.15) is 5.60 Å².